The van der Waals surface area contributed by atoms with Crippen LogP contribution < -0.4 is 4.72 Å². The van der Waals surface area contributed by atoms with Gasteiger partial charge in [0.2, 0.25) is 10.0 Å². The van der Waals surface area contributed by atoms with Gasteiger partial charge in [-0.25, -0.2) is 13.1 Å². The quantitative estimate of drug-likeness (QED) is 0.820. The molecule has 0 aliphatic heterocycles. The van der Waals surface area contributed by atoms with Crippen molar-refractivity contribution in [1.29, 1.82) is 5.26 Å². The summed E-state index contributed by atoms with van der Waals surface area (Å²) < 4.78 is 31.0. The summed E-state index contributed by atoms with van der Waals surface area (Å²) >= 11 is 0. The molecule has 0 saturated carbocycles. The number of hydrogen-bond donors (Lipinski definition) is 1. The molecule has 104 valence electrons. The Balaban J connectivity index is 2.44. The zero-order chi connectivity index (χ0) is 14.3. The Morgan fingerprint density at radius 3 is 2.47 bits per heavy atom. The van der Waals surface area contributed by atoms with Crippen LogP contribution in [0.5, 0.6) is 0 Å². The first-order valence-electron chi connectivity index (χ1n) is 6.01. The molecule has 6 heteroatoms. The molecule has 0 atom stereocenters. The number of ether oxygens (including phenoxy) is 1. The third-order valence-electron chi connectivity index (χ3n) is 2.38. The van der Waals surface area contributed by atoms with E-state index in [2.05, 4.69) is 4.72 Å². The summed E-state index contributed by atoms with van der Waals surface area (Å²) in [5, 5.41) is 8.65. The Bertz CT molecular complexity index is 530. The molecule has 1 N–H and O–H groups in total. The minimum absolute atomic E-state index is 0.0220. The van der Waals surface area contributed by atoms with Crippen molar-refractivity contribution in [3.63, 3.8) is 0 Å². The third kappa shape index (κ3) is 6.34. The van der Waals surface area contributed by atoms with E-state index in [1.54, 1.807) is 24.3 Å². The van der Waals surface area contributed by atoms with Crippen LogP contribution in [-0.2, 0) is 21.3 Å². The minimum atomic E-state index is -3.33. The third-order valence-corrected chi connectivity index (χ3v) is 3.67. The van der Waals surface area contributed by atoms with E-state index in [4.69, 9.17) is 10.00 Å². The summed E-state index contributed by atoms with van der Waals surface area (Å²) in [6.07, 6.45) is 0.0220. The number of sulfonamides is 1. The Morgan fingerprint density at radius 2 is 1.95 bits per heavy atom. The normalized spacial score (nSPS) is 11.5. The number of nitriles is 1. The standard InChI is InChI=1S/C13H18N2O3S/c1-11(2)18-7-8-19(16,17)15-10-13-5-3-12(9-14)4-6-13/h3-6,11,15H,7-8,10H2,1-2H3. The predicted octanol–water partition coefficient (Wildman–Crippen LogP) is 1.40. The van der Waals surface area contributed by atoms with Gasteiger partial charge in [-0.2, -0.15) is 5.26 Å². The summed E-state index contributed by atoms with van der Waals surface area (Å²) in [7, 11) is -3.33. The minimum Gasteiger partial charge on any atom is -0.378 e. The largest absolute Gasteiger partial charge is 0.378 e. The van der Waals surface area contributed by atoms with Gasteiger partial charge in [0.25, 0.3) is 0 Å². The Morgan fingerprint density at radius 1 is 1.32 bits per heavy atom. The van der Waals surface area contributed by atoms with Crippen molar-refractivity contribution in [2.45, 2.75) is 26.5 Å². The maximum absolute atomic E-state index is 11.7. The van der Waals surface area contributed by atoms with Crippen molar-refractivity contribution in [2.24, 2.45) is 0 Å². The summed E-state index contributed by atoms with van der Waals surface area (Å²) in [6.45, 7) is 4.11. The average molecular weight is 282 g/mol. The van der Waals surface area contributed by atoms with Crippen molar-refractivity contribution in [2.75, 3.05) is 12.4 Å². The molecule has 0 spiro atoms. The SMILES string of the molecule is CC(C)OCCS(=O)(=O)NCc1ccc(C#N)cc1. The van der Waals surface area contributed by atoms with E-state index in [-0.39, 0.29) is 25.0 Å². The van der Waals surface area contributed by atoms with Gasteiger partial charge < -0.3 is 4.74 Å². The van der Waals surface area contributed by atoms with Crippen molar-refractivity contribution < 1.29 is 13.2 Å². The fourth-order valence-corrected chi connectivity index (χ4v) is 2.20. The lowest BCUT2D eigenvalue weighted by Gasteiger charge is -2.09. The molecule has 0 aliphatic rings. The molecule has 0 heterocycles. The van der Waals surface area contributed by atoms with Crippen LogP contribution in [0.25, 0.3) is 0 Å². The first-order valence-corrected chi connectivity index (χ1v) is 7.66. The molecular weight excluding hydrogens is 264 g/mol. The summed E-state index contributed by atoms with van der Waals surface area (Å²) in [4.78, 5) is 0. The van der Waals surface area contributed by atoms with Gasteiger partial charge in [-0.3, -0.25) is 0 Å². The van der Waals surface area contributed by atoms with E-state index in [1.165, 1.54) is 0 Å². The molecule has 0 aromatic heterocycles. The fourth-order valence-electron chi connectivity index (χ4n) is 1.36. The van der Waals surface area contributed by atoms with E-state index in [9.17, 15) is 8.42 Å². The molecule has 0 bridgehead atoms. The highest BCUT2D eigenvalue weighted by molar-refractivity contribution is 7.89. The molecule has 0 saturated heterocycles. The van der Waals surface area contributed by atoms with Crippen LogP contribution in [0.2, 0.25) is 0 Å². The molecule has 1 aromatic rings. The summed E-state index contributed by atoms with van der Waals surface area (Å²) in [6, 6.07) is 8.78. The lowest BCUT2D eigenvalue weighted by molar-refractivity contribution is 0.0911. The lowest BCUT2D eigenvalue weighted by Crippen LogP contribution is -2.28. The molecule has 0 radical (unpaired) electrons. The molecule has 5 nitrogen and oxygen atoms in total. The molecule has 1 rings (SSSR count). The number of benzene rings is 1. The lowest BCUT2D eigenvalue weighted by atomic mass is 10.1. The van der Waals surface area contributed by atoms with Crippen LogP contribution in [0.1, 0.15) is 25.0 Å². The molecule has 0 aliphatic carbocycles. The second-order valence-corrected chi connectivity index (χ2v) is 6.29. The van der Waals surface area contributed by atoms with Crippen LogP contribution >= 0.6 is 0 Å². The molecule has 0 amide bonds. The van der Waals surface area contributed by atoms with E-state index in [0.29, 0.717) is 5.56 Å². The Labute approximate surface area is 114 Å². The smallest absolute Gasteiger partial charge is 0.214 e. The van der Waals surface area contributed by atoms with Crippen LogP contribution in [-0.4, -0.2) is 26.9 Å². The van der Waals surface area contributed by atoms with Crippen molar-refractivity contribution >= 4 is 10.0 Å². The highest BCUT2D eigenvalue weighted by Gasteiger charge is 2.10. The van der Waals surface area contributed by atoms with Crippen molar-refractivity contribution in [1.82, 2.24) is 4.72 Å². The Hall–Kier alpha value is -1.42. The molecular formula is C13H18N2O3S. The number of nitrogens with one attached hydrogen (secondary N) is 1. The van der Waals surface area contributed by atoms with Crippen LogP contribution in [0.4, 0.5) is 0 Å². The maximum Gasteiger partial charge on any atom is 0.214 e. The van der Waals surface area contributed by atoms with Gasteiger partial charge in [-0.05, 0) is 31.5 Å². The van der Waals surface area contributed by atoms with Gasteiger partial charge >= 0.3 is 0 Å². The van der Waals surface area contributed by atoms with Gasteiger partial charge in [-0.1, -0.05) is 12.1 Å². The van der Waals surface area contributed by atoms with Gasteiger partial charge in [-0.15, -0.1) is 0 Å². The molecule has 19 heavy (non-hydrogen) atoms. The first-order chi connectivity index (χ1) is 8.93. The molecule has 0 fully saturated rings. The van der Waals surface area contributed by atoms with Crippen molar-refractivity contribution in [3.8, 4) is 6.07 Å². The Kier molecular flexibility index (Phi) is 5.96. The van der Waals surface area contributed by atoms with E-state index in [1.807, 2.05) is 19.9 Å². The second-order valence-electron chi connectivity index (χ2n) is 4.37. The van der Waals surface area contributed by atoms with Gasteiger partial charge in [0.05, 0.1) is 30.1 Å². The van der Waals surface area contributed by atoms with E-state index < -0.39 is 10.0 Å². The van der Waals surface area contributed by atoms with Crippen LogP contribution in [0, 0.1) is 11.3 Å². The summed E-state index contributed by atoms with van der Waals surface area (Å²) in [5.41, 5.74) is 1.37. The first kappa shape index (κ1) is 15.6. The van der Waals surface area contributed by atoms with E-state index in [0.717, 1.165) is 5.56 Å². The van der Waals surface area contributed by atoms with Gasteiger partial charge in [0.15, 0.2) is 0 Å². The van der Waals surface area contributed by atoms with Crippen molar-refractivity contribution in [3.05, 3.63) is 35.4 Å². The zero-order valence-electron chi connectivity index (χ0n) is 11.1. The second kappa shape index (κ2) is 7.24. The topological polar surface area (TPSA) is 79.2 Å². The zero-order valence-corrected chi connectivity index (χ0v) is 11.9. The molecule has 0 unspecified atom stereocenters. The number of rotatable bonds is 7. The van der Waals surface area contributed by atoms with Crippen LogP contribution in [0.15, 0.2) is 24.3 Å². The fraction of sp³-hybridized carbons (Fsp3) is 0.462. The highest BCUT2D eigenvalue weighted by atomic mass is 32.2. The average Bonchev–Trinajstić information content (AvgIpc) is 2.36. The summed E-state index contributed by atoms with van der Waals surface area (Å²) in [5.74, 6) is -0.0541. The number of nitrogens with zero attached hydrogens (tertiary/aromatic N) is 1. The molecule has 1 aromatic carbocycles. The highest BCUT2D eigenvalue weighted by Crippen LogP contribution is 2.03. The maximum atomic E-state index is 11.7. The van der Waals surface area contributed by atoms with Gasteiger partial charge in [0, 0.05) is 6.54 Å². The van der Waals surface area contributed by atoms with Gasteiger partial charge in [0.1, 0.15) is 0 Å². The van der Waals surface area contributed by atoms with E-state index >= 15 is 0 Å². The van der Waals surface area contributed by atoms with Crippen LogP contribution in [0.3, 0.4) is 0 Å². The predicted molar refractivity (Wildman–Crippen MR) is 72.9 cm³/mol. The monoisotopic (exact) mass is 282 g/mol. The number of hydrogen-bond acceptors (Lipinski definition) is 4.